The molecule has 0 spiro atoms. The van der Waals surface area contributed by atoms with Gasteiger partial charge in [-0.3, -0.25) is 0 Å². The van der Waals surface area contributed by atoms with Crippen LogP contribution >= 0.6 is 63.7 Å². The van der Waals surface area contributed by atoms with E-state index in [0.29, 0.717) is 13.2 Å². The van der Waals surface area contributed by atoms with E-state index in [1.165, 1.54) is 89.9 Å². The highest BCUT2D eigenvalue weighted by atomic mass is 79.9. The fourth-order valence-corrected chi connectivity index (χ4v) is 7.09. The van der Waals surface area contributed by atoms with Crippen LogP contribution in [-0.4, -0.2) is 23.2 Å². The van der Waals surface area contributed by atoms with E-state index in [2.05, 4.69) is 77.6 Å². The van der Waals surface area contributed by atoms with Gasteiger partial charge in [0.05, 0.1) is 33.2 Å². The van der Waals surface area contributed by atoms with Crippen molar-refractivity contribution in [1.29, 1.82) is 0 Å². The second-order valence-electron chi connectivity index (χ2n) is 10.6. The number of nitrogens with zero attached hydrogens (tertiary/aromatic N) is 2. The lowest BCUT2D eigenvalue weighted by atomic mass is 10.1. The van der Waals surface area contributed by atoms with E-state index >= 15 is 0 Å². The summed E-state index contributed by atoms with van der Waals surface area (Å²) in [4.78, 5) is 9.92. The second-order valence-corrected chi connectivity index (χ2v) is 13.8. The SMILES string of the molecule is CCCCCCCCCCOc1cc2nc3c(Br)c(Br)c(Br)c(Br)c3nc2cc1OCCCCCCCCCC. The van der Waals surface area contributed by atoms with Crippen molar-refractivity contribution in [2.75, 3.05) is 13.2 Å². The van der Waals surface area contributed by atoms with Gasteiger partial charge in [-0.05, 0) is 76.6 Å². The molecule has 0 unspecified atom stereocenters. The molecular formula is C32H44Br4N2O2. The molecule has 4 nitrogen and oxygen atoms in total. The van der Waals surface area contributed by atoms with Gasteiger partial charge in [0.1, 0.15) is 11.0 Å². The Morgan fingerprint density at radius 2 is 0.800 bits per heavy atom. The minimum atomic E-state index is 0.684. The molecule has 0 amide bonds. The number of halogens is 4. The summed E-state index contributed by atoms with van der Waals surface area (Å²) in [5.41, 5.74) is 3.16. The van der Waals surface area contributed by atoms with Crippen LogP contribution in [0.15, 0.2) is 30.0 Å². The smallest absolute Gasteiger partial charge is 0.163 e. The van der Waals surface area contributed by atoms with Crippen LogP contribution in [0.3, 0.4) is 0 Å². The van der Waals surface area contributed by atoms with Gasteiger partial charge in [-0.25, -0.2) is 9.97 Å². The van der Waals surface area contributed by atoms with Crippen molar-refractivity contribution in [3.05, 3.63) is 30.0 Å². The van der Waals surface area contributed by atoms with Crippen molar-refractivity contribution in [3.63, 3.8) is 0 Å². The normalized spacial score (nSPS) is 11.6. The first kappa shape index (κ1) is 34.1. The Kier molecular flexibility index (Phi) is 16.1. The summed E-state index contributed by atoms with van der Waals surface area (Å²) in [6, 6.07) is 3.98. The molecule has 0 saturated heterocycles. The van der Waals surface area contributed by atoms with Crippen LogP contribution < -0.4 is 9.47 Å². The molecule has 3 rings (SSSR count). The molecule has 0 atom stereocenters. The first-order valence-corrected chi connectivity index (χ1v) is 18.4. The number of aromatic nitrogens is 2. The Balaban J connectivity index is 1.68. The van der Waals surface area contributed by atoms with Crippen molar-refractivity contribution in [2.24, 2.45) is 0 Å². The summed E-state index contributed by atoms with van der Waals surface area (Å²) < 4.78 is 16.1. The van der Waals surface area contributed by atoms with Gasteiger partial charge in [0.15, 0.2) is 11.5 Å². The van der Waals surface area contributed by atoms with E-state index < -0.39 is 0 Å². The molecule has 3 aromatic rings. The second kappa shape index (κ2) is 19.0. The third-order valence-corrected chi connectivity index (χ3v) is 12.0. The van der Waals surface area contributed by atoms with Crippen molar-refractivity contribution in [2.45, 2.75) is 117 Å². The molecule has 1 heterocycles. The summed E-state index contributed by atoms with van der Waals surface area (Å²) >= 11 is 14.6. The van der Waals surface area contributed by atoms with Crippen LogP contribution in [0.4, 0.5) is 0 Å². The van der Waals surface area contributed by atoms with Crippen molar-refractivity contribution < 1.29 is 9.47 Å². The summed E-state index contributed by atoms with van der Waals surface area (Å²) in [5, 5.41) is 0. The number of unbranched alkanes of at least 4 members (excludes halogenated alkanes) is 14. The Morgan fingerprint density at radius 3 is 1.15 bits per heavy atom. The van der Waals surface area contributed by atoms with E-state index in [1.807, 2.05) is 12.1 Å². The molecule has 2 aromatic carbocycles. The predicted molar refractivity (Wildman–Crippen MR) is 184 cm³/mol. The van der Waals surface area contributed by atoms with Crippen LogP contribution in [-0.2, 0) is 0 Å². The zero-order chi connectivity index (χ0) is 28.7. The van der Waals surface area contributed by atoms with Crippen LogP contribution in [0.2, 0.25) is 0 Å². The minimum absolute atomic E-state index is 0.684. The van der Waals surface area contributed by atoms with Crippen molar-refractivity contribution in [1.82, 2.24) is 9.97 Å². The van der Waals surface area contributed by atoms with Gasteiger partial charge < -0.3 is 9.47 Å². The number of ether oxygens (including phenoxy) is 2. The van der Waals surface area contributed by atoms with Crippen LogP contribution in [0, 0.1) is 0 Å². The standard InChI is InChI=1S/C32H44Br4N2O2/c1-3-5-7-9-11-13-15-17-19-39-25-21-23-24(22-26(25)40-20-18-16-14-12-10-8-6-4-2)38-32-30(36)28(34)27(33)29(35)31(32)37-23/h21-22H,3-20H2,1-2H3. The van der Waals surface area contributed by atoms with Gasteiger partial charge in [0, 0.05) is 21.1 Å². The quantitative estimate of drug-likeness (QED) is 0.0494. The summed E-state index contributed by atoms with van der Waals surface area (Å²) in [7, 11) is 0. The molecule has 0 aliphatic rings. The van der Waals surface area contributed by atoms with Crippen LogP contribution in [0.5, 0.6) is 11.5 Å². The topological polar surface area (TPSA) is 44.2 Å². The van der Waals surface area contributed by atoms with Gasteiger partial charge in [0.2, 0.25) is 0 Å². The molecule has 0 radical (unpaired) electrons. The Morgan fingerprint density at radius 1 is 0.475 bits per heavy atom. The maximum atomic E-state index is 6.30. The summed E-state index contributed by atoms with van der Waals surface area (Å²) in [5.74, 6) is 1.52. The molecule has 1 aromatic heterocycles. The van der Waals surface area contributed by atoms with Gasteiger partial charge in [-0.2, -0.15) is 0 Å². The van der Waals surface area contributed by atoms with Gasteiger partial charge in [-0.1, -0.05) is 104 Å². The van der Waals surface area contributed by atoms with E-state index in [1.54, 1.807) is 0 Å². The lowest BCUT2D eigenvalue weighted by Gasteiger charge is -2.15. The third kappa shape index (κ3) is 10.4. The number of fused-ring (bicyclic) bond motifs is 2. The zero-order valence-corrected chi connectivity index (χ0v) is 30.4. The number of rotatable bonds is 20. The molecule has 222 valence electrons. The lowest BCUT2D eigenvalue weighted by Crippen LogP contribution is -2.04. The maximum absolute atomic E-state index is 6.30. The molecule has 0 bridgehead atoms. The maximum Gasteiger partial charge on any atom is 0.163 e. The average Bonchev–Trinajstić information content (AvgIpc) is 2.96. The van der Waals surface area contributed by atoms with E-state index in [0.717, 1.165) is 64.3 Å². The monoisotopic (exact) mass is 804 g/mol. The molecule has 0 N–H and O–H groups in total. The Labute approximate surface area is 274 Å². The first-order valence-electron chi connectivity index (χ1n) is 15.2. The molecule has 0 saturated carbocycles. The van der Waals surface area contributed by atoms with E-state index in [-0.39, 0.29) is 0 Å². The van der Waals surface area contributed by atoms with Gasteiger partial charge >= 0.3 is 0 Å². The van der Waals surface area contributed by atoms with E-state index in [4.69, 9.17) is 19.4 Å². The third-order valence-electron chi connectivity index (χ3n) is 7.23. The Bertz CT molecular complexity index is 1110. The Hall–Kier alpha value is -0.440. The molecule has 0 aliphatic heterocycles. The molecule has 0 aliphatic carbocycles. The number of hydrogen-bond donors (Lipinski definition) is 0. The predicted octanol–water partition coefficient (Wildman–Crippen LogP) is 12.9. The molecule has 8 heteroatoms. The van der Waals surface area contributed by atoms with Crippen LogP contribution in [0.25, 0.3) is 22.1 Å². The highest BCUT2D eigenvalue weighted by Gasteiger charge is 2.18. The zero-order valence-electron chi connectivity index (χ0n) is 24.1. The van der Waals surface area contributed by atoms with Gasteiger partial charge in [-0.15, -0.1) is 0 Å². The van der Waals surface area contributed by atoms with Gasteiger partial charge in [0.25, 0.3) is 0 Å². The summed E-state index contributed by atoms with van der Waals surface area (Å²) in [6.07, 6.45) is 20.4. The number of benzene rings is 2. The minimum Gasteiger partial charge on any atom is -0.490 e. The van der Waals surface area contributed by atoms with Crippen molar-refractivity contribution in [3.8, 4) is 11.5 Å². The fourth-order valence-electron chi connectivity index (χ4n) is 4.83. The molecular weight excluding hydrogens is 764 g/mol. The highest BCUT2D eigenvalue weighted by Crippen LogP contribution is 2.43. The fraction of sp³-hybridized carbons (Fsp3) is 0.625. The largest absolute Gasteiger partial charge is 0.490 e. The first-order chi connectivity index (χ1) is 19.5. The number of hydrogen-bond acceptors (Lipinski definition) is 4. The van der Waals surface area contributed by atoms with Crippen LogP contribution in [0.1, 0.15) is 117 Å². The average molecular weight is 808 g/mol. The van der Waals surface area contributed by atoms with Crippen molar-refractivity contribution >= 4 is 85.8 Å². The highest BCUT2D eigenvalue weighted by molar-refractivity contribution is 9.15. The molecule has 40 heavy (non-hydrogen) atoms. The summed E-state index contributed by atoms with van der Waals surface area (Å²) in [6.45, 7) is 5.90. The molecule has 0 fully saturated rings. The lowest BCUT2D eigenvalue weighted by molar-refractivity contribution is 0.259. The van der Waals surface area contributed by atoms with E-state index in [9.17, 15) is 0 Å².